The van der Waals surface area contributed by atoms with Gasteiger partial charge in [-0.1, -0.05) is 17.7 Å². The minimum absolute atomic E-state index is 0.0555. The minimum atomic E-state index is -0.170. The first-order chi connectivity index (χ1) is 8.61. The van der Waals surface area contributed by atoms with E-state index >= 15 is 0 Å². The Morgan fingerprint density at radius 1 is 1.56 bits per heavy atom. The maximum atomic E-state index is 11.7. The van der Waals surface area contributed by atoms with Crippen molar-refractivity contribution in [3.8, 4) is 0 Å². The Bertz CT molecular complexity index is 447. The quantitative estimate of drug-likeness (QED) is 0.879. The minimum Gasteiger partial charge on any atom is -0.355 e. The molecule has 1 aromatic carbocycles. The van der Waals surface area contributed by atoms with E-state index in [-0.39, 0.29) is 18.0 Å². The van der Waals surface area contributed by atoms with Gasteiger partial charge in [-0.25, -0.2) is 0 Å². The Morgan fingerprint density at radius 2 is 2.33 bits per heavy atom. The summed E-state index contributed by atoms with van der Waals surface area (Å²) >= 11 is 5.98. The normalized spacial score (nSPS) is 19.4. The molecule has 98 valence electrons. The Kier molecular flexibility index (Phi) is 4.25. The van der Waals surface area contributed by atoms with Crippen LogP contribution >= 0.6 is 11.6 Å². The lowest BCUT2D eigenvalue weighted by Gasteiger charge is -2.19. The van der Waals surface area contributed by atoms with Crippen molar-refractivity contribution in [2.24, 2.45) is 0 Å². The molecule has 2 rings (SSSR count). The summed E-state index contributed by atoms with van der Waals surface area (Å²) in [4.78, 5) is 11.7. The number of carbonyl (C=O) groups is 1. The molecule has 2 atom stereocenters. The first kappa shape index (κ1) is 13.4. The average Bonchev–Trinajstić information content (AvgIpc) is 2.72. The van der Waals surface area contributed by atoms with E-state index in [1.807, 2.05) is 26.0 Å². The lowest BCUT2D eigenvalue weighted by molar-refractivity contribution is -0.122. The van der Waals surface area contributed by atoms with E-state index in [1.54, 1.807) is 0 Å². The van der Waals surface area contributed by atoms with Crippen LogP contribution in [0.25, 0.3) is 0 Å². The highest BCUT2D eigenvalue weighted by Gasteiger charge is 2.25. The second-order valence-electron chi connectivity index (χ2n) is 4.72. The van der Waals surface area contributed by atoms with Gasteiger partial charge in [0.05, 0.1) is 6.04 Å². The van der Waals surface area contributed by atoms with Crippen molar-refractivity contribution in [2.75, 3.05) is 6.54 Å². The fourth-order valence-electron chi connectivity index (χ4n) is 2.46. The van der Waals surface area contributed by atoms with Gasteiger partial charge in [-0.3, -0.25) is 10.1 Å². The molecular weight excluding hydrogens is 248 g/mol. The molecular formula is C14H19ClN2O. The van der Waals surface area contributed by atoms with Crippen LogP contribution in [-0.2, 0) is 11.2 Å². The molecule has 1 aliphatic carbocycles. The zero-order chi connectivity index (χ0) is 13.1. The summed E-state index contributed by atoms with van der Waals surface area (Å²) in [6.45, 7) is 4.50. The van der Waals surface area contributed by atoms with Gasteiger partial charge in [0.2, 0.25) is 5.91 Å². The van der Waals surface area contributed by atoms with Crippen molar-refractivity contribution in [1.29, 1.82) is 0 Å². The molecule has 2 N–H and O–H groups in total. The van der Waals surface area contributed by atoms with Crippen molar-refractivity contribution in [3.63, 3.8) is 0 Å². The third-order valence-corrected chi connectivity index (χ3v) is 3.61. The van der Waals surface area contributed by atoms with Gasteiger partial charge in [-0.2, -0.15) is 0 Å². The number of nitrogens with one attached hydrogen (secondary N) is 2. The largest absolute Gasteiger partial charge is 0.355 e. The van der Waals surface area contributed by atoms with Crippen LogP contribution in [0, 0.1) is 0 Å². The van der Waals surface area contributed by atoms with E-state index in [4.69, 9.17) is 11.6 Å². The molecule has 0 spiro atoms. The second kappa shape index (κ2) is 5.72. The lowest BCUT2D eigenvalue weighted by Crippen LogP contribution is -2.43. The van der Waals surface area contributed by atoms with E-state index in [2.05, 4.69) is 16.7 Å². The first-order valence-corrected chi connectivity index (χ1v) is 6.81. The topological polar surface area (TPSA) is 41.1 Å². The van der Waals surface area contributed by atoms with Gasteiger partial charge in [0.25, 0.3) is 0 Å². The summed E-state index contributed by atoms with van der Waals surface area (Å²) in [5.41, 5.74) is 2.57. The lowest BCUT2D eigenvalue weighted by atomic mass is 10.1. The van der Waals surface area contributed by atoms with Crippen molar-refractivity contribution >= 4 is 17.5 Å². The number of hydrogen-bond acceptors (Lipinski definition) is 2. The highest BCUT2D eigenvalue weighted by atomic mass is 35.5. The molecule has 1 amide bonds. The Labute approximate surface area is 113 Å². The summed E-state index contributed by atoms with van der Waals surface area (Å²) in [7, 11) is 0. The molecule has 3 nitrogen and oxygen atoms in total. The van der Waals surface area contributed by atoms with Crippen LogP contribution in [0.1, 0.15) is 37.4 Å². The summed E-state index contributed by atoms with van der Waals surface area (Å²) in [6.07, 6.45) is 2.05. The molecule has 0 saturated carbocycles. The highest BCUT2D eigenvalue weighted by Crippen LogP contribution is 2.33. The van der Waals surface area contributed by atoms with E-state index in [9.17, 15) is 4.79 Å². The second-order valence-corrected chi connectivity index (χ2v) is 5.15. The Hall–Kier alpha value is -1.06. The van der Waals surface area contributed by atoms with E-state index in [0.29, 0.717) is 6.54 Å². The van der Waals surface area contributed by atoms with E-state index in [1.165, 1.54) is 11.1 Å². The highest BCUT2D eigenvalue weighted by molar-refractivity contribution is 6.30. The number of amides is 1. The van der Waals surface area contributed by atoms with Gasteiger partial charge in [0.1, 0.15) is 0 Å². The summed E-state index contributed by atoms with van der Waals surface area (Å²) < 4.78 is 0. The molecule has 0 fully saturated rings. The van der Waals surface area contributed by atoms with Crippen molar-refractivity contribution in [3.05, 3.63) is 34.3 Å². The third-order valence-electron chi connectivity index (χ3n) is 3.38. The van der Waals surface area contributed by atoms with Crippen LogP contribution in [0.15, 0.2) is 18.2 Å². The molecule has 0 saturated heterocycles. The molecule has 1 aromatic rings. The molecule has 0 heterocycles. The first-order valence-electron chi connectivity index (χ1n) is 6.44. The fourth-order valence-corrected chi connectivity index (χ4v) is 2.66. The summed E-state index contributed by atoms with van der Waals surface area (Å²) in [5.74, 6) is 0.0555. The number of halogens is 1. The predicted molar refractivity (Wildman–Crippen MR) is 73.8 cm³/mol. The van der Waals surface area contributed by atoms with Gasteiger partial charge in [0, 0.05) is 17.6 Å². The van der Waals surface area contributed by atoms with Gasteiger partial charge in [0.15, 0.2) is 0 Å². The summed E-state index contributed by atoms with van der Waals surface area (Å²) in [6, 6.07) is 6.09. The van der Waals surface area contributed by atoms with Crippen LogP contribution in [0.5, 0.6) is 0 Å². The van der Waals surface area contributed by atoms with Crippen molar-refractivity contribution in [1.82, 2.24) is 10.6 Å². The van der Waals surface area contributed by atoms with E-state index in [0.717, 1.165) is 17.9 Å². The van der Waals surface area contributed by atoms with Gasteiger partial charge < -0.3 is 5.32 Å². The maximum absolute atomic E-state index is 11.7. The predicted octanol–water partition coefficient (Wildman–Crippen LogP) is 2.44. The number of benzene rings is 1. The van der Waals surface area contributed by atoms with Gasteiger partial charge >= 0.3 is 0 Å². The molecule has 4 heteroatoms. The zero-order valence-corrected chi connectivity index (χ0v) is 11.6. The summed E-state index contributed by atoms with van der Waals surface area (Å²) in [5, 5.41) is 7.00. The van der Waals surface area contributed by atoms with Crippen LogP contribution in [0.3, 0.4) is 0 Å². The smallest absolute Gasteiger partial charge is 0.236 e. The molecule has 1 aliphatic rings. The van der Waals surface area contributed by atoms with Gasteiger partial charge in [-0.05, 0) is 49.9 Å². The SMILES string of the molecule is CCNC(=O)C(C)NC1CCc2cc(Cl)ccc21. The van der Waals surface area contributed by atoms with E-state index < -0.39 is 0 Å². The number of rotatable bonds is 4. The third kappa shape index (κ3) is 2.85. The van der Waals surface area contributed by atoms with Crippen molar-refractivity contribution in [2.45, 2.75) is 38.8 Å². The molecule has 0 aromatic heterocycles. The molecule has 0 bridgehead atoms. The van der Waals surface area contributed by atoms with Crippen LogP contribution in [0.2, 0.25) is 5.02 Å². The van der Waals surface area contributed by atoms with Crippen LogP contribution < -0.4 is 10.6 Å². The molecule has 0 aliphatic heterocycles. The zero-order valence-electron chi connectivity index (χ0n) is 10.8. The number of likely N-dealkylation sites (N-methyl/N-ethyl adjacent to an activating group) is 1. The Balaban J connectivity index is 2.03. The van der Waals surface area contributed by atoms with Crippen molar-refractivity contribution < 1.29 is 4.79 Å². The average molecular weight is 267 g/mol. The molecule has 0 radical (unpaired) electrons. The Morgan fingerprint density at radius 3 is 3.06 bits per heavy atom. The monoisotopic (exact) mass is 266 g/mol. The number of fused-ring (bicyclic) bond motifs is 1. The number of carbonyl (C=O) groups excluding carboxylic acids is 1. The maximum Gasteiger partial charge on any atom is 0.236 e. The van der Waals surface area contributed by atoms with Crippen LogP contribution in [-0.4, -0.2) is 18.5 Å². The van der Waals surface area contributed by atoms with Gasteiger partial charge in [-0.15, -0.1) is 0 Å². The standard InChI is InChI=1S/C14H19ClN2O/c1-3-16-14(18)9(2)17-13-7-4-10-8-11(15)5-6-12(10)13/h5-6,8-9,13,17H,3-4,7H2,1-2H3,(H,16,18). The van der Waals surface area contributed by atoms with Crippen LogP contribution in [0.4, 0.5) is 0 Å². The number of hydrogen-bond donors (Lipinski definition) is 2. The number of aryl methyl sites for hydroxylation is 1. The fraction of sp³-hybridized carbons (Fsp3) is 0.500. The molecule has 2 unspecified atom stereocenters. The molecule has 18 heavy (non-hydrogen) atoms.